The van der Waals surface area contributed by atoms with Gasteiger partial charge >= 0.3 is 0 Å². The lowest BCUT2D eigenvalue weighted by atomic mass is 10.2. The average Bonchev–Trinajstić information content (AvgIpc) is 2.73. The van der Waals surface area contributed by atoms with Crippen molar-refractivity contribution in [2.45, 2.75) is 9.79 Å². The predicted molar refractivity (Wildman–Crippen MR) is 126 cm³/mol. The molecule has 0 unspecified atom stereocenters. The van der Waals surface area contributed by atoms with Crippen LogP contribution in [0.25, 0.3) is 44.4 Å². The number of aromatic nitrogens is 2. The summed E-state index contributed by atoms with van der Waals surface area (Å²) < 4.78 is 78.3. The molecule has 0 radical (unpaired) electrons. The average molecular weight is 547 g/mol. The second-order valence-corrected chi connectivity index (χ2v) is 10.6. The molecule has 5 aromatic rings. The summed E-state index contributed by atoms with van der Waals surface area (Å²) in [6.07, 6.45) is 0. The van der Waals surface area contributed by atoms with Gasteiger partial charge in [-0.05, 0) is 24.3 Å². The van der Waals surface area contributed by atoms with Crippen LogP contribution in [0.5, 0.6) is 0 Å². The van der Waals surface area contributed by atoms with Gasteiger partial charge in [0.15, 0.2) is 32.1 Å². The standard InChI is InChI=1S/C18H12Cl2N4O8S2/c19-9-11-15(31-13-7(23-11)3-1-5(21)17(13)33(25,26)27)10(20)12-16(9)32-14-8(24-12)4-2-6(22)18(14)34(28,29)30/h1-4,23-24H,21-22H2,(H,25,26,27)(H,28,29,30). The number of aromatic amines is 2. The van der Waals surface area contributed by atoms with Crippen molar-refractivity contribution in [3.8, 4) is 0 Å². The van der Waals surface area contributed by atoms with Crippen molar-refractivity contribution >= 4 is 99.2 Å². The number of H-pyrrole nitrogens is 2. The Labute approximate surface area is 199 Å². The summed E-state index contributed by atoms with van der Waals surface area (Å²) in [6, 6.07) is 5.23. The molecule has 0 fully saturated rings. The first-order valence-corrected chi connectivity index (χ1v) is 12.7. The number of nitrogens with two attached hydrogens (primary N) is 2. The van der Waals surface area contributed by atoms with Gasteiger partial charge in [-0.15, -0.1) is 0 Å². The second kappa shape index (κ2) is 7.18. The van der Waals surface area contributed by atoms with Crippen LogP contribution in [-0.4, -0.2) is 35.9 Å². The number of nitrogen functional groups attached to an aromatic ring is 2. The number of rotatable bonds is 2. The molecular formula is C18H12Cl2N4O8S2. The summed E-state index contributed by atoms with van der Waals surface area (Å²) in [5.74, 6) is 0. The van der Waals surface area contributed by atoms with Crippen molar-refractivity contribution in [1.82, 2.24) is 9.97 Å². The van der Waals surface area contributed by atoms with E-state index in [0.717, 1.165) is 0 Å². The van der Waals surface area contributed by atoms with Crippen LogP contribution in [0, 0.1) is 0 Å². The first-order chi connectivity index (χ1) is 15.8. The van der Waals surface area contributed by atoms with Crippen LogP contribution in [-0.2, 0) is 20.2 Å². The lowest BCUT2D eigenvalue weighted by Gasteiger charge is -2.13. The topological polar surface area (TPSA) is 219 Å². The molecular weight excluding hydrogens is 535 g/mol. The maximum Gasteiger partial charge on any atom is 0.300 e. The van der Waals surface area contributed by atoms with E-state index in [1.165, 1.54) is 24.3 Å². The highest BCUT2D eigenvalue weighted by atomic mass is 35.5. The molecule has 0 spiro atoms. The van der Waals surface area contributed by atoms with Gasteiger partial charge in [-0.1, -0.05) is 23.2 Å². The molecule has 0 saturated carbocycles. The summed E-state index contributed by atoms with van der Waals surface area (Å²) in [4.78, 5) is 4.35. The third-order valence-electron chi connectivity index (χ3n) is 5.02. The Balaban J connectivity index is 2.01. The summed E-state index contributed by atoms with van der Waals surface area (Å²) >= 11 is 13.0. The molecule has 5 rings (SSSR count). The Morgan fingerprint density at radius 1 is 0.676 bits per heavy atom. The number of fused-ring (bicyclic) bond motifs is 4. The summed E-state index contributed by atoms with van der Waals surface area (Å²) in [5.41, 5.74) is 10.3. The fourth-order valence-electron chi connectivity index (χ4n) is 3.62. The second-order valence-electron chi connectivity index (χ2n) is 7.16. The first kappa shape index (κ1) is 22.6. The number of hydrogen-bond donors (Lipinski definition) is 6. The van der Waals surface area contributed by atoms with E-state index in [1.54, 1.807) is 0 Å². The van der Waals surface area contributed by atoms with Crippen LogP contribution in [0.3, 0.4) is 0 Å². The third-order valence-corrected chi connectivity index (χ3v) is 7.62. The molecule has 2 heterocycles. The highest BCUT2D eigenvalue weighted by Gasteiger charge is 2.26. The largest absolute Gasteiger partial charge is 0.450 e. The molecule has 12 nitrogen and oxygen atoms in total. The minimum atomic E-state index is -4.78. The lowest BCUT2D eigenvalue weighted by Crippen LogP contribution is -2.05. The molecule has 0 atom stereocenters. The normalized spacial score (nSPS) is 12.8. The Hall–Kier alpha value is -3.14. The van der Waals surface area contributed by atoms with Crippen LogP contribution in [0.2, 0.25) is 10.0 Å². The van der Waals surface area contributed by atoms with E-state index >= 15 is 0 Å². The Kier molecular flexibility index (Phi) is 4.78. The van der Waals surface area contributed by atoms with Crippen molar-refractivity contribution < 1.29 is 34.8 Å². The number of halogens is 2. The van der Waals surface area contributed by atoms with Gasteiger partial charge in [0.2, 0.25) is 0 Å². The van der Waals surface area contributed by atoms with Gasteiger partial charge in [0.25, 0.3) is 20.2 Å². The zero-order chi connectivity index (χ0) is 24.7. The minimum Gasteiger partial charge on any atom is -0.450 e. The van der Waals surface area contributed by atoms with Gasteiger partial charge in [-0.2, -0.15) is 16.8 Å². The van der Waals surface area contributed by atoms with Crippen LogP contribution < -0.4 is 11.5 Å². The Morgan fingerprint density at radius 3 is 1.35 bits per heavy atom. The first-order valence-electron chi connectivity index (χ1n) is 9.03. The van der Waals surface area contributed by atoms with Gasteiger partial charge in [0.05, 0.1) is 22.4 Å². The zero-order valence-electron chi connectivity index (χ0n) is 16.4. The van der Waals surface area contributed by atoms with Crippen LogP contribution >= 0.6 is 23.2 Å². The van der Waals surface area contributed by atoms with Crippen LogP contribution in [0.15, 0.2) is 42.9 Å². The fraction of sp³-hybridized carbons (Fsp3) is 0. The van der Waals surface area contributed by atoms with Gasteiger partial charge < -0.3 is 30.3 Å². The molecule has 178 valence electrons. The fourth-order valence-corrected chi connectivity index (χ4v) is 5.66. The number of benzene rings is 3. The van der Waals surface area contributed by atoms with E-state index in [9.17, 15) is 25.9 Å². The molecule has 8 N–H and O–H groups in total. The highest BCUT2D eigenvalue weighted by molar-refractivity contribution is 7.86. The number of hydrogen-bond acceptors (Lipinski definition) is 8. The van der Waals surface area contributed by atoms with Crippen molar-refractivity contribution in [1.29, 1.82) is 0 Å². The summed E-state index contributed by atoms with van der Waals surface area (Å²) in [5, 5.41) is -0.265. The van der Waals surface area contributed by atoms with E-state index in [1.807, 2.05) is 0 Å². The molecule has 16 heteroatoms. The van der Waals surface area contributed by atoms with E-state index in [4.69, 9.17) is 43.5 Å². The molecule has 0 aliphatic heterocycles. The van der Waals surface area contributed by atoms with Crippen molar-refractivity contribution in [3.63, 3.8) is 0 Å². The SMILES string of the molecule is Nc1ccc2[nH]c3c(Cl)c4oc5c(S(=O)(=O)O)c(N)ccc5[nH]c4c(Cl)c3oc2c1S(=O)(=O)O. The molecule has 0 saturated heterocycles. The summed E-state index contributed by atoms with van der Waals surface area (Å²) in [7, 11) is -9.56. The molecule has 0 aliphatic rings. The molecule has 0 bridgehead atoms. The van der Waals surface area contributed by atoms with E-state index in [0.29, 0.717) is 0 Å². The zero-order valence-corrected chi connectivity index (χ0v) is 19.5. The Bertz CT molecular complexity index is 1820. The van der Waals surface area contributed by atoms with Crippen molar-refractivity contribution in [2.75, 3.05) is 11.5 Å². The predicted octanol–water partition coefficient (Wildman–Crippen LogP) is 4.23. The third kappa shape index (κ3) is 3.26. The maximum absolute atomic E-state index is 11.9. The maximum atomic E-state index is 11.9. The summed E-state index contributed by atoms with van der Waals surface area (Å²) in [6.45, 7) is 0. The monoisotopic (exact) mass is 546 g/mol. The van der Waals surface area contributed by atoms with E-state index in [2.05, 4.69) is 9.97 Å². The highest BCUT2D eigenvalue weighted by Crippen LogP contribution is 2.42. The number of nitrogens with one attached hydrogen (secondary N) is 2. The van der Waals surface area contributed by atoms with Crippen molar-refractivity contribution in [2.24, 2.45) is 0 Å². The van der Waals surface area contributed by atoms with Gasteiger partial charge in [0.1, 0.15) is 21.1 Å². The van der Waals surface area contributed by atoms with Crippen molar-refractivity contribution in [3.05, 3.63) is 34.3 Å². The van der Waals surface area contributed by atoms with Crippen LogP contribution in [0.4, 0.5) is 11.4 Å². The minimum absolute atomic E-state index is 0.0477. The number of anilines is 2. The molecule has 3 aromatic carbocycles. The lowest BCUT2D eigenvalue weighted by molar-refractivity contribution is 0.480. The van der Waals surface area contributed by atoms with E-state index < -0.39 is 30.0 Å². The van der Waals surface area contributed by atoms with Gasteiger partial charge in [-0.25, -0.2) is 0 Å². The molecule has 2 aromatic heterocycles. The smallest absolute Gasteiger partial charge is 0.300 e. The van der Waals surface area contributed by atoms with E-state index in [-0.39, 0.29) is 65.8 Å². The quantitative estimate of drug-likeness (QED) is 0.105. The molecule has 0 aliphatic carbocycles. The van der Waals surface area contributed by atoms with Crippen LogP contribution in [0.1, 0.15) is 0 Å². The Morgan fingerprint density at radius 2 is 1.03 bits per heavy atom. The molecule has 0 amide bonds. The van der Waals surface area contributed by atoms with Gasteiger partial charge in [-0.3, -0.25) is 9.11 Å². The van der Waals surface area contributed by atoms with Gasteiger partial charge in [0, 0.05) is 0 Å². The molecule has 34 heavy (non-hydrogen) atoms.